The van der Waals surface area contributed by atoms with Gasteiger partial charge in [-0.3, -0.25) is 4.90 Å². The number of anilines is 2. The van der Waals surface area contributed by atoms with Crippen LogP contribution >= 0.6 is 11.6 Å². The summed E-state index contributed by atoms with van der Waals surface area (Å²) in [4.78, 5) is 14.3. The molecule has 1 saturated heterocycles. The first-order valence-corrected chi connectivity index (χ1v) is 9.84. The van der Waals surface area contributed by atoms with Crippen LogP contribution in [0.5, 0.6) is 0 Å². The van der Waals surface area contributed by atoms with E-state index in [0.717, 1.165) is 67.0 Å². The standard InChI is InChI=1S/C21H24ClN5/c1-2-23-20-17-8-4-6-10-19(17)24-21(25-20)27-13-11-26(12-14-27)15-16-7-3-5-9-18(16)22/h3-10H,2,11-15H2,1H3,(H,23,24,25). The molecule has 0 radical (unpaired) electrons. The van der Waals surface area contributed by atoms with E-state index in [9.17, 15) is 0 Å². The Hall–Kier alpha value is -2.37. The van der Waals surface area contributed by atoms with Gasteiger partial charge in [-0.1, -0.05) is 41.9 Å². The van der Waals surface area contributed by atoms with Gasteiger partial charge >= 0.3 is 0 Å². The number of fused-ring (bicyclic) bond motifs is 1. The van der Waals surface area contributed by atoms with Crippen LogP contribution in [0.3, 0.4) is 0 Å². The summed E-state index contributed by atoms with van der Waals surface area (Å²) in [5, 5.41) is 5.29. The van der Waals surface area contributed by atoms with Crippen molar-refractivity contribution in [1.82, 2.24) is 14.9 Å². The minimum absolute atomic E-state index is 0.807. The van der Waals surface area contributed by atoms with Gasteiger partial charge in [-0.25, -0.2) is 4.98 Å². The van der Waals surface area contributed by atoms with Crippen LogP contribution in [0.25, 0.3) is 10.9 Å². The third-order valence-corrected chi connectivity index (χ3v) is 5.31. The number of nitrogens with zero attached hydrogens (tertiary/aromatic N) is 4. The summed E-state index contributed by atoms with van der Waals surface area (Å²) in [6.45, 7) is 7.57. The monoisotopic (exact) mass is 381 g/mol. The molecule has 4 rings (SSSR count). The van der Waals surface area contributed by atoms with Crippen molar-refractivity contribution in [1.29, 1.82) is 0 Å². The van der Waals surface area contributed by atoms with Crippen molar-refractivity contribution in [2.24, 2.45) is 0 Å². The number of nitrogens with one attached hydrogen (secondary N) is 1. The van der Waals surface area contributed by atoms with Gasteiger partial charge < -0.3 is 10.2 Å². The summed E-state index contributed by atoms with van der Waals surface area (Å²) in [5.74, 6) is 1.72. The lowest BCUT2D eigenvalue weighted by atomic mass is 10.2. The third-order valence-electron chi connectivity index (χ3n) is 4.94. The van der Waals surface area contributed by atoms with E-state index in [1.54, 1.807) is 0 Å². The molecule has 1 fully saturated rings. The van der Waals surface area contributed by atoms with Gasteiger partial charge in [0, 0.05) is 49.7 Å². The Bertz CT molecular complexity index is 921. The predicted molar refractivity (Wildman–Crippen MR) is 113 cm³/mol. The van der Waals surface area contributed by atoms with Crippen molar-refractivity contribution >= 4 is 34.3 Å². The first kappa shape index (κ1) is 18.0. The van der Waals surface area contributed by atoms with Crippen LogP contribution in [-0.4, -0.2) is 47.6 Å². The van der Waals surface area contributed by atoms with Crippen LogP contribution in [0.15, 0.2) is 48.5 Å². The molecule has 140 valence electrons. The molecule has 2 aromatic carbocycles. The van der Waals surface area contributed by atoms with Gasteiger partial charge in [0.2, 0.25) is 5.95 Å². The number of aromatic nitrogens is 2. The molecule has 0 aliphatic carbocycles. The molecular weight excluding hydrogens is 358 g/mol. The number of halogens is 1. The highest BCUT2D eigenvalue weighted by Crippen LogP contribution is 2.24. The van der Waals surface area contributed by atoms with Crippen molar-refractivity contribution < 1.29 is 0 Å². The second-order valence-electron chi connectivity index (χ2n) is 6.77. The molecule has 1 N–H and O–H groups in total. The molecule has 1 aromatic heterocycles. The van der Waals surface area contributed by atoms with Crippen molar-refractivity contribution in [3.63, 3.8) is 0 Å². The Morgan fingerprint density at radius 3 is 2.48 bits per heavy atom. The molecule has 6 heteroatoms. The van der Waals surface area contributed by atoms with Crippen molar-refractivity contribution in [3.05, 3.63) is 59.1 Å². The lowest BCUT2D eigenvalue weighted by molar-refractivity contribution is 0.249. The van der Waals surface area contributed by atoms with Crippen LogP contribution in [0, 0.1) is 0 Å². The number of hydrogen-bond acceptors (Lipinski definition) is 5. The van der Waals surface area contributed by atoms with Crippen LogP contribution in [0.1, 0.15) is 12.5 Å². The van der Waals surface area contributed by atoms with Crippen LogP contribution in [0.4, 0.5) is 11.8 Å². The van der Waals surface area contributed by atoms with Crippen LogP contribution < -0.4 is 10.2 Å². The second kappa shape index (κ2) is 8.11. The molecule has 0 unspecified atom stereocenters. The molecule has 3 aromatic rings. The van der Waals surface area contributed by atoms with Gasteiger partial charge in [0.1, 0.15) is 5.82 Å². The summed E-state index contributed by atoms with van der Waals surface area (Å²) in [6, 6.07) is 16.2. The van der Waals surface area contributed by atoms with Gasteiger partial charge in [0.15, 0.2) is 0 Å². The van der Waals surface area contributed by atoms with Crippen molar-refractivity contribution in [3.8, 4) is 0 Å². The predicted octanol–water partition coefficient (Wildman–Crippen LogP) is 4.04. The van der Waals surface area contributed by atoms with Crippen LogP contribution in [0.2, 0.25) is 5.02 Å². The first-order valence-electron chi connectivity index (χ1n) is 9.46. The van der Waals surface area contributed by atoms with E-state index in [2.05, 4.69) is 40.2 Å². The van der Waals surface area contributed by atoms with Crippen molar-refractivity contribution in [2.75, 3.05) is 42.9 Å². The summed E-state index contributed by atoms with van der Waals surface area (Å²) >= 11 is 6.31. The largest absolute Gasteiger partial charge is 0.370 e. The van der Waals surface area contributed by atoms with Gasteiger partial charge in [-0.05, 0) is 30.7 Å². The van der Waals surface area contributed by atoms with Gasteiger partial charge in [-0.15, -0.1) is 0 Å². The zero-order valence-electron chi connectivity index (χ0n) is 15.5. The first-order chi connectivity index (χ1) is 13.2. The molecular formula is C21H24ClN5. The number of para-hydroxylation sites is 1. The topological polar surface area (TPSA) is 44.3 Å². The molecule has 0 saturated carbocycles. The third kappa shape index (κ3) is 3.99. The fourth-order valence-electron chi connectivity index (χ4n) is 3.48. The average Bonchev–Trinajstić information content (AvgIpc) is 2.70. The molecule has 0 amide bonds. The SMILES string of the molecule is CCNc1nc(N2CCN(Cc3ccccc3Cl)CC2)nc2ccccc12. The number of hydrogen-bond donors (Lipinski definition) is 1. The highest BCUT2D eigenvalue weighted by molar-refractivity contribution is 6.31. The zero-order chi connectivity index (χ0) is 18.6. The fraction of sp³-hybridized carbons (Fsp3) is 0.333. The summed E-state index contributed by atoms with van der Waals surface area (Å²) < 4.78 is 0. The maximum absolute atomic E-state index is 6.31. The maximum atomic E-state index is 6.31. The second-order valence-corrected chi connectivity index (χ2v) is 7.18. The Labute approximate surface area is 165 Å². The Morgan fingerprint density at radius 1 is 0.963 bits per heavy atom. The lowest BCUT2D eigenvalue weighted by Crippen LogP contribution is -2.46. The molecule has 1 aliphatic rings. The average molecular weight is 382 g/mol. The zero-order valence-corrected chi connectivity index (χ0v) is 16.3. The van der Waals surface area contributed by atoms with E-state index in [-0.39, 0.29) is 0 Å². The number of rotatable bonds is 5. The summed E-state index contributed by atoms with van der Waals surface area (Å²) in [6.07, 6.45) is 0. The molecule has 27 heavy (non-hydrogen) atoms. The molecule has 1 aliphatic heterocycles. The quantitative estimate of drug-likeness (QED) is 0.722. The van der Waals surface area contributed by atoms with E-state index < -0.39 is 0 Å². The Morgan fingerprint density at radius 2 is 1.70 bits per heavy atom. The van der Waals surface area contributed by atoms with Gasteiger partial charge in [-0.2, -0.15) is 4.98 Å². The molecule has 5 nitrogen and oxygen atoms in total. The smallest absolute Gasteiger partial charge is 0.227 e. The van der Waals surface area contributed by atoms with E-state index in [1.165, 1.54) is 5.56 Å². The van der Waals surface area contributed by atoms with E-state index in [1.807, 2.05) is 30.3 Å². The number of piperazine rings is 1. The highest BCUT2D eigenvalue weighted by Gasteiger charge is 2.21. The normalized spacial score (nSPS) is 15.3. The summed E-state index contributed by atoms with van der Waals surface area (Å²) in [7, 11) is 0. The summed E-state index contributed by atoms with van der Waals surface area (Å²) in [5.41, 5.74) is 2.17. The fourth-order valence-corrected chi connectivity index (χ4v) is 3.68. The van der Waals surface area contributed by atoms with E-state index >= 15 is 0 Å². The molecule has 0 spiro atoms. The van der Waals surface area contributed by atoms with E-state index in [0.29, 0.717) is 0 Å². The molecule has 0 atom stereocenters. The number of benzene rings is 2. The Kier molecular flexibility index (Phi) is 5.41. The highest BCUT2D eigenvalue weighted by atomic mass is 35.5. The maximum Gasteiger partial charge on any atom is 0.227 e. The minimum Gasteiger partial charge on any atom is -0.370 e. The lowest BCUT2D eigenvalue weighted by Gasteiger charge is -2.35. The Balaban J connectivity index is 1.48. The van der Waals surface area contributed by atoms with Gasteiger partial charge in [0.25, 0.3) is 0 Å². The van der Waals surface area contributed by atoms with E-state index in [4.69, 9.17) is 21.6 Å². The molecule has 0 bridgehead atoms. The van der Waals surface area contributed by atoms with Crippen LogP contribution in [-0.2, 0) is 6.54 Å². The van der Waals surface area contributed by atoms with Gasteiger partial charge in [0.05, 0.1) is 5.52 Å². The van der Waals surface area contributed by atoms with Crippen molar-refractivity contribution in [2.45, 2.75) is 13.5 Å². The minimum atomic E-state index is 0.807. The molecule has 2 heterocycles.